The quantitative estimate of drug-likeness (QED) is 0.614. The molecule has 0 aliphatic heterocycles. The number of benzene rings is 1. The summed E-state index contributed by atoms with van der Waals surface area (Å²) >= 11 is 0. The van der Waals surface area contributed by atoms with Crippen LogP contribution >= 0.6 is 7.60 Å². The molecule has 0 bridgehead atoms. The van der Waals surface area contributed by atoms with Gasteiger partial charge in [0.1, 0.15) is 0 Å². The first kappa shape index (κ1) is 14.0. The summed E-state index contributed by atoms with van der Waals surface area (Å²) in [5.41, 5.74) is -0.703. The summed E-state index contributed by atoms with van der Waals surface area (Å²) in [5.74, 6) is 0. The Morgan fingerprint density at radius 1 is 1.36 bits per heavy atom. The molecule has 0 aromatic heterocycles. The van der Waals surface area contributed by atoms with Crippen molar-refractivity contribution in [1.82, 2.24) is 0 Å². The van der Waals surface area contributed by atoms with Crippen molar-refractivity contribution in [3.05, 3.63) is 35.9 Å². The molecule has 1 aromatic carbocycles. The van der Waals surface area contributed by atoms with Gasteiger partial charge in [-0.25, -0.2) is 0 Å². The van der Waals surface area contributed by atoms with E-state index in [2.05, 4.69) is 4.52 Å². The fourth-order valence-electron chi connectivity index (χ4n) is 0.827. The van der Waals surface area contributed by atoms with Crippen LogP contribution in [0.1, 0.15) is 10.4 Å². The van der Waals surface area contributed by atoms with E-state index in [1.165, 1.54) is 12.1 Å². The predicted molar refractivity (Wildman–Crippen MR) is 54.8 cm³/mol. The Morgan fingerprint density at radius 2 is 1.86 bits per heavy atom. The molecule has 1 unspecified atom stereocenters. The van der Waals surface area contributed by atoms with Crippen LogP contribution in [0.5, 0.6) is 0 Å². The van der Waals surface area contributed by atoms with Crippen molar-refractivity contribution in [3.8, 4) is 0 Å². The van der Waals surface area contributed by atoms with E-state index in [4.69, 9.17) is 4.89 Å². The molecule has 0 fully saturated rings. The molecule has 0 radical (unpaired) electrons. The zero-order chi connectivity index (χ0) is 9.90. The average Bonchev–Trinajstić information content (AvgIpc) is 2.18. The molecule has 1 N–H and O–H groups in total. The van der Waals surface area contributed by atoms with Crippen LogP contribution in [0.15, 0.2) is 30.3 Å². The molecular weight excluding hydrogens is 214 g/mol. The number of hydrogen-bond donors (Lipinski definition) is 1. The molecule has 1 atom stereocenters. The minimum atomic E-state index is -4.13. The van der Waals surface area contributed by atoms with E-state index in [1.54, 1.807) is 18.2 Å². The van der Waals surface area contributed by atoms with Gasteiger partial charge in [-0.3, -0.25) is 9.36 Å². The zero-order valence-corrected chi connectivity index (χ0v) is 7.90. The van der Waals surface area contributed by atoms with Crippen molar-refractivity contribution in [2.24, 2.45) is 0 Å². The molecule has 0 aliphatic carbocycles. The van der Waals surface area contributed by atoms with Crippen molar-refractivity contribution >= 4 is 42.7 Å². The maximum atomic E-state index is 11.3. The Morgan fingerprint density at radius 3 is 2.29 bits per heavy atom. The molecule has 72 valence electrons. The van der Waals surface area contributed by atoms with E-state index >= 15 is 0 Å². The normalized spacial score (nSPS) is 13.9. The Kier molecular flexibility index (Phi) is 5.83. The molecule has 1 rings (SSSR count). The minimum absolute atomic E-state index is 0. The van der Waals surface area contributed by atoms with Gasteiger partial charge in [-0.05, 0) is 0 Å². The van der Waals surface area contributed by atoms with E-state index in [-0.39, 0.29) is 35.1 Å². The van der Waals surface area contributed by atoms with Gasteiger partial charge in [-0.2, -0.15) is 0 Å². The van der Waals surface area contributed by atoms with Gasteiger partial charge in [-0.15, -0.1) is 0 Å². The van der Waals surface area contributed by atoms with Crippen LogP contribution < -0.4 is 0 Å². The van der Waals surface area contributed by atoms with Gasteiger partial charge in [0.05, 0.1) is 0 Å². The summed E-state index contributed by atoms with van der Waals surface area (Å²) in [6.07, 6.45) is 0. The second kappa shape index (κ2) is 5.81. The SMILES string of the molecule is COP(=O)(O)C(=O)c1ccccc1.[NaH]. The third-order valence-electron chi connectivity index (χ3n) is 1.52. The topological polar surface area (TPSA) is 63.6 Å². The Labute approximate surface area is 104 Å². The van der Waals surface area contributed by atoms with Crippen molar-refractivity contribution in [2.75, 3.05) is 7.11 Å². The molecule has 0 heterocycles. The zero-order valence-electron chi connectivity index (χ0n) is 7.01. The van der Waals surface area contributed by atoms with Crippen LogP contribution in [0.2, 0.25) is 0 Å². The summed E-state index contributed by atoms with van der Waals surface area (Å²) in [6.45, 7) is 0. The second-order valence-electron chi connectivity index (χ2n) is 2.37. The third kappa shape index (κ3) is 3.31. The fourth-order valence-corrected chi connectivity index (χ4v) is 1.47. The first-order valence-corrected chi connectivity index (χ1v) is 5.14. The van der Waals surface area contributed by atoms with E-state index < -0.39 is 13.1 Å². The van der Waals surface area contributed by atoms with Crippen molar-refractivity contribution in [2.45, 2.75) is 0 Å². The molecule has 0 saturated heterocycles. The van der Waals surface area contributed by atoms with Crippen LogP contribution in [-0.4, -0.2) is 47.1 Å². The van der Waals surface area contributed by atoms with Crippen molar-refractivity contribution in [1.29, 1.82) is 0 Å². The van der Waals surface area contributed by atoms with Gasteiger partial charge >= 0.3 is 37.2 Å². The molecule has 0 aliphatic rings. The van der Waals surface area contributed by atoms with E-state index in [1.807, 2.05) is 0 Å². The van der Waals surface area contributed by atoms with Crippen LogP contribution in [0.3, 0.4) is 0 Å². The van der Waals surface area contributed by atoms with E-state index in [0.717, 1.165) is 7.11 Å². The van der Waals surface area contributed by atoms with E-state index in [9.17, 15) is 9.36 Å². The molecule has 0 amide bonds. The standard InChI is InChI=1S/C8H9O4P.Na.H/c1-12-13(10,11)8(9)7-5-3-2-4-6-7;;/h2-6H,1H3,(H,10,11);;. The molecule has 0 saturated carbocycles. The first-order valence-electron chi connectivity index (χ1n) is 3.56. The third-order valence-corrected chi connectivity index (χ3v) is 2.79. The maximum absolute atomic E-state index is 11.3. The Hall–Kier alpha value is 0.0400. The van der Waals surface area contributed by atoms with Gasteiger partial charge < -0.3 is 9.42 Å². The Balaban J connectivity index is 0.00000169. The fraction of sp³-hybridized carbons (Fsp3) is 0.125. The van der Waals surface area contributed by atoms with Crippen molar-refractivity contribution in [3.63, 3.8) is 0 Å². The Bertz CT molecular complexity index is 352. The molecule has 1 aromatic rings. The summed E-state index contributed by atoms with van der Waals surface area (Å²) in [6, 6.07) is 7.87. The number of carbonyl (C=O) groups is 1. The monoisotopic (exact) mass is 224 g/mol. The van der Waals surface area contributed by atoms with E-state index in [0.29, 0.717) is 0 Å². The van der Waals surface area contributed by atoms with Crippen molar-refractivity contribution < 1.29 is 18.8 Å². The van der Waals surface area contributed by atoms with Gasteiger partial charge in [-0.1, -0.05) is 30.3 Å². The molecule has 0 spiro atoms. The van der Waals surface area contributed by atoms with Crippen LogP contribution in [0, 0.1) is 0 Å². The van der Waals surface area contributed by atoms with Crippen LogP contribution in [0.4, 0.5) is 0 Å². The predicted octanol–water partition coefficient (Wildman–Crippen LogP) is 1.01. The molecule has 14 heavy (non-hydrogen) atoms. The summed E-state index contributed by atoms with van der Waals surface area (Å²) in [5, 5.41) is 0. The summed E-state index contributed by atoms with van der Waals surface area (Å²) in [4.78, 5) is 20.3. The summed E-state index contributed by atoms with van der Waals surface area (Å²) in [7, 11) is -3.10. The second-order valence-corrected chi connectivity index (χ2v) is 4.19. The molecule has 4 nitrogen and oxygen atoms in total. The average molecular weight is 224 g/mol. The molecule has 6 heteroatoms. The number of rotatable bonds is 3. The van der Waals surface area contributed by atoms with Gasteiger partial charge in [0.15, 0.2) is 0 Å². The molecular formula is C8H10NaO4P. The number of hydrogen-bond acceptors (Lipinski definition) is 3. The number of carbonyl (C=O) groups excluding carboxylic acids is 1. The first-order chi connectivity index (χ1) is 6.08. The van der Waals surface area contributed by atoms with Gasteiger partial charge in [0.2, 0.25) is 0 Å². The van der Waals surface area contributed by atoms with Gasteiger partial charge in [0.25, 0.3) is 5.52 Å². The van der Waals surface area contributed by atoms with Gasteiger partial charge in [0, 0.05) is 12.7 Å². The summed E-state index contributed by atoms with van der Waals surface area (Å²) < 4.78 is 15.3. The van der Waals surface area contributed by atoms with Crippen LogP contribution in [-0.2, 0) is 9.09 Å². The van der Waals surface area contributed by atoms with Crippen LogP contribution in [0.25, 0.3) is 0 Å².